The summed E-state index contributed by atoms with van der Waals surface area (Å²) in [5, 5.41) is 4.83. The van der Waals surface area contributed by atoms with Gasteiger partial charge in [0.25, 0.3) is 11.1 Å². The van der Waals surface area contributed by atoms with Crippen molar-refractivity contribution >= 4 is 52.5 Å². The van der Waals surface area contributed by atoms with Crippen molar-refractivity contribution < 1.29 is 14.4 Å². The van der Waals surface area contributed by atoms with Crippen LogP contribution in [0.2, 0.25) is 0 Å². The number of aromatic nitrogens is 2. The van der Waals surface area contributed by atoms with E-state index in [0.717, 1.165) is 36.1 Å². The Balaban J connectivity index is 1.17. The van der Waals surface area contributed by atoms with Gasteiger partial charge in [0.1, 0.15) is 5.82 Å². The van der Waals surface area contributed by atoms with Gasteiger partial charge in [0.05, 0.1) is 10.6 Å². The summed E-state index contributed by atoms with van der Waals surface area (Å²) in [7, 11) is 1.96. The normalized spacial score (nSPS) is 18.5. The summed E-state index contributed by atoms with van der Waals surface area (Å²) in [5.74, 6) is 0.853. The average molecular weight is 542 g/mol. The first-order chi connectivity index (χ1) is 18.9. The van der Waals surface area contributed by atoms with Crippen LogP contribution in [0.5, 0.6) is 0 Å². The third kappa shape index (κ3) is 5.30. The molecule has 0 aliphatic carbocycles. The molecule has 3 aliphatic rings. The first kappa shape index (κ1) is 24.9. The molecule has 4 amide bonds. The Morgan fingerprint density at radius 1 is 1.05 bits per heavy atom. The van der Waals surface area contributed by atoms with E-state index in [4.69, 9.17) is 9.97 Å². The SMILES string of the molecule is CN(Cc1ccccc1)c1cc(/C=C2\SC(=O)NC2=O)nc(N2CC3(CN(C(=O)Nc4ccccc4)C3)C2)n1. The number of nitrogens with zero attached hydrogens (tertiary/aromatic N) is 5. The molecule has 3 aromatic rings. The molecule has 6 rings (SSSR count). The van der Waals surface area contributed by atoms with E-state index in [1.54, 1.807) is 6.08 Å². The lowest BCUT2D eigenvalue weighted by Gasteiger charge is -2.59. The summed E-state index contributed by atoms with van der Waals surface area (Å²) >= 11 is 0.866. The number of thioether (sulfide) groups is 1. The van der Waals surface area contributed by atoms with Crippen molar-refractivity contribution in [2.75, 3.05) is 48.3 Å². The number of urea groups is 1. The number of carbonyl (C=O) groups is 3. The topological polar surface area (TPSA) is 111 Å². The summed E-state index contributed by atoms with van der Waals surface area (Å²) in [6, 6.07) is 21.3. The average Bonchev–Trinajstić information content (AvgIpc) is 3.19. The molecule has 1 aromatic heterocycles. The van der Waals surface area contributed by atoms with Gasteiger partial charge < -0.3 is 20.0 Å². The van der Waals surface area contributed by atoms with Crippen LogP contribution in [0, 0.1) is 5.41 Å². The second-order valence-corrected chi connectivity index (χ2v) is 11.2. The molecule has 3 fully saturated rings. The Kier molecular flexibility index (Phi) is 6.43. The third-order valence-electron chi connectivity index (χ3n) is 7.00. The number of amides is 4. The molecule has 0 bridgehead atoms. The lowest BCUT2D eigenvalue weighted by molar-refractivity contribution is -0.115. The number of para-hydroxylation sites is 1. The quantitative estimate of drug-likeness (QED) is 0.454. The van der Waals surface area contributed by atoms with Crippen LogP contribution in [-0.2, 0) is 11.3 Å². The number of anilines is 3. The van der Waals surface area contributed by atoms with Gasteiger partial charge in [-0.1, -0.05) is 48.5 Å². The molecule has 198 valence electrons. The highest BCUT2D eigenvalue weighted by Gasteiger charge is 2.54. The van der Waals surface area contributed by atoms with E-state index in [1.165, 1.54) is 0 Å². The summed E-state index contributed by atoms with van der Waals surface area (Å²) in [4.78, 5) is 52.2. The molecule has 3 aliphatic heterocycles. The molecule has 3 saturated heterocycles. The lowest BCUT2D eigenvalue weighted by atomic mass is 9.73. The Hall–Kier alpha value is -4.38. The minimum Gasteiger partial charge on any atom is -0.355 e. The minimum atomic E-state index is -0.421. The fourth-order valence-corrected chi connectivity index (χ4v) is 5.75. The number of carbonyl (C=O) groups excluding carboxylic acids is 3. The van der Waals surface area contributed by atoms with Gasteiger partial charge in [-0.15, -0.1) is 0 Å². The molecule has 0 atom stereocenters. The van der Waals surface area contributed by atoms with Gasteiger partial charge in [-0.3, -0.25) is 14.9 Å². The monoisotopic (exact) mass is 541 g/mol. The second kappa shape index (κ2) is 10.1. The van der Waals surface area contributed by atoms with E-state index in [2.05, 4.69) is 27.7 Å². The maximum absolute atomic E-state index is 12.6. The van der Waals surface area contributed by atoms with Crippen LogP contribution in [-0.4, -0.2) is 65.3 Å². The summed E-state index contributed by atoms with van der Waals surface area (Å²) < 4.78 is 0. The van der Waals surface area contributed by atoms with Gasteiger partial charge in [-0.05, 0) is 35.5 Å². The van der Waals surface area contributed by atoms with E-state index in [9.17, 15) is 14.4 Å². The fraction of sp³-hybridized carbons (Fsp3) is 0.250. The Morgan fingerprint density at radius 3 is 2.41 bits per heavy atom. The molecular weight excluding hydrogens is 514 g/mol. The molecule has 1 spiro atoms. The van der Waals surface area contributed by atoms with E-state index >= 15 is 0 Å². The maximum Gasteiger partial charge on any atom is 0.321 e. The van der Waals surface area contributed by atoms with Crippen LogP contribution in [0.1, 0.15) is 11.3 Å². The molecule has 11 heteroatoms. The van der Waals surface area contributed by atoms with Gasteiger partial charge in [-0.25, -0.2) is 9.78 Å². The van der Waals surface area contributed by atoms with Crippen LogP contribution >= 0.6 is 11.8 Å². The van der Waals surface area contributed by atoms with Crippen LogP contribution in [0.3, 0.4) is 0 Å². The zero-order chi connectivity index (χ0) is 27.0. The first-order valence-electron chi connectivity index (χ1n) is 12.6. The van der Waals surface area contributed by atoms with Gasteiger partial charge >= 0.3 is 6.03 Å². The van der Waals surface area contributed by atoms with Crippen LogP contribution in [0.15, 0.2) is 71.6 Å². The fourth-order valence-electron chi connectivity index (χ4n) is 5.08. The number of rotatable bonds is 6. The highest BCUT2D eigenvalue weighted by molar-refractivity contribution is 8.18. The summed E-state index contributed by atoms with van der Waals surface area (Å²) in [5.41, 5.74) is 2.50. The minimum absolute atomic E-state index is 0.0234. The van der Waals surface area contributed by atoms with Crippen molar-refractivity contribution in [3.05, 3.63) is 82.9 Å². The standard InChI is InChI=1S/C28H27N7O3S/c1-33(14-19-8-4-2-5-9-19)23-13-21(12-22-24(36)32-27(38)39-22)29-25(31-23)34-15-28(16-34)17-35(18-28)26(37)30-20-10-6-3-7-11-20/h2-13H,14-18H2,1H3,(H,30,37)(H,32,36,38)/b22-12-. The molecule has 0 saturated carbocycles. The number of likely N-dealkylation sites (tertiary alicyclic amines) is 1. The van der Waals surface area contributed by atoms with Crippen molar-refractivity contribution in [2.24, 2.45) is 5.41 Å². The largest absolute Gasteiger partial charge is 0.355 e. The van der Waals surface area contributed by atoms with Gasteiger partial charge in [0.15, 0.2) is 0 Å². The zero-order valence-corrected chi connectivity index (χ0v) is 22.1. The van der Waals surface area contributed by atoms with E-state index in [1.807, 2.05) is 71.4 Å². The molecule has 10 nitrogen and oxygen atoms in total. The number of hydrogen-bond acceptors (Lipinski definition) is 8. The molecule has 2 aromatic carbocycles. The highest BCUT2D eigenvalue weighted by Crippen LogP contribution is 2.41. The Bertz CT molecular complexity index is 1450. The van der Waals surface area contributed by atoms with Gasteiger partial charge in [0.2, 0.25) is 5.95 Å². The van der Waals surface area contributed by atoms with Crippen LogP contribution < -0.4 is 20.4 Å². The van der Waals surface area contributed by atoms with Crippen molar-refractivity contribution in [3.63, 3.8) is 0 Å². The molecule has 4 heterocycles. The van der Waals surface area contributed by atoms with E-state index < -0.39 is 11.1 Å². The summed E-state index contributed by atoms with van der Waals surface area (Å²) in [6.45, 7) is 3.46. The van der Waals surface area contributed by atoms with E-state index in [-0.39, 0.29) is 11.4 Å². The predicted molar refractivity (Wildman–Crippen MR) is 151 cm³/mol. The van der Waals surface area contributed by atoms with Gasteiger partial charge in [-0.2, -0.15) is 4.98 Å². The number of benzene rings is 2. The maximum atomic E-state index is 12.6. The van der Waals surface area contributed by atoms with E-state index in [0.29, 0.717) is 42.0 Å². The smallest absolute Gasteiger partial charge is 0.321 e. The zero-order valence-electron chi connectivity index (χ0n) is 21.3. The lowest BCUT2D eigenvalue weighted by Crippen LogP contribution is -2.73. The van der Waals surface area contributed by atoms with Crippen molar-refractivity contribution in [2.45, 2.75) is 6.54 Å². The molecular formula is C28H27N7O3S. The van der Waals surface area contributed by atoms with Crippen molar-refractivity contribution in [1.82, 2.24) is 20.2 Å². The number of nitrogens with one attached hydrogen (secondary N) is 2. The number of hydrogen-bond donors (Lipinski definition) is 2. The van der Waals surface area contributed by atoms with Crippen molar-refractivity contribution in [3.8, 4) is 0 Å². The Morgan fingerprint density at radius 2 is 1.74 bits per heavy atom. The number of imide groups is 1. The molecule has 39 heavy (non-hydrogen) atoms. The molecule has 0 radical (unpaired) electrons. The Labute approximate surface area is 230 Å². The third-order valence-corrected chi connectivity index (χ3v) is 7.81. The van der Waals surface area contributed by atoms with Crippen molar-refractivity contribution in [1.29, 1.82) is 0 Å². The second-order valence-electron chi connectivity index (χ2n) is 10.2. The van der Waals surface area contributed by atoms with Crippen LogP contribution in [0.4, 0.5) is 27.0 Å². The summed E-state index contributed by atoms with van der Waals surface area (Å²) in [6.07, 6.45) is 1.63. The molecule has 2 N–H and O–H groups in total. The van der Waals surface area contributed by atoms with Crippen LogP contribution in [0.25, 0.3) is 6.08 Å². The molecule has 0 unspecified atom stereocenters. The first-order valence-corrected chi connectivity index (χ1v) is 13.4. The van der Waals surface area contributed by atoms with Gasteiger partial charge in [0, 0.05) is 56.9 Å². The highest BCUT2D eigenvalue weighted by atomic mass is 32.2. The predicted octanol–water partition coefficient (Wildman–Crippen LogP) is 3.79.